The first-order valence-corrected chi connectivity index (χ1v) is 9.83. The number of nitro groups is 2. The molecule has 0 saturated carbocycles. The Morgan fingerprint density at radius 2 is 1.54 bits per heavy atom. The number of non-ortho nitro benzene ring substituents is 1. The van der Waals surface area contributed by atoms with E-state index in [2.05, 4.69) is 0 Å². The molecule has 12 nitrogen and oxygen atoms in total. The number of hydrogen-bond acceptors (Lipinski definition) is 10. The second kappa shape index (κ2) is 10.7. The lowest BCUT2D eigenvalue weighted by atomic mass is 10.1. The highest BCUT2D eigenvalue weighted by molar-refractivity contribution is 5.99. The van der Waals surface area contributed by atoms with Crippen LogP contribution in [0.1, 0.15) is 27.6 Å². The predicted molar refractivity (Wildman–Crippen MR) is 119 cm³/mol. The van der Waals surface area contributed by atoms with Crippen LogP contribution in [0.5, 0.6) is 17.2 Å². The van der Waals surface area contributed by atoms with E-state index in [4.69, 9.17) is 14.2 Å². The Morgan fingerprint density at radius 3 is 2.17 bits per heavy atom. The lowest BCUT2D eigenvalue weighted by Crippen LogP contribution is -2.14. The molecule has 0 saturated heterocycles. The summed E-state index contributed by atoms with van der Waals surface area (Å²) >= 11 is 0. The molecule has 0 aromatic heterocycles. The van der Waals surface area contributed by atoms with Crippen LogP contribution >= 0.6 is 0 Å². The molecule has 0 atom stereocenters. The van der Waals surface area contributed by atoms with Crippen LogP contribution in [0.2, 0.25) is 0 Å². The van der Waals surface area contributed by atoms with Crippen molar-refractivity contribution in [1.29, 1.82) is 0 Å². The molecule has 0 spiro atoms. The number of carbonyl (C=O) groups is 3. The smallest absolute Gasteiger partial charge is 0.338 e. The minimum Gasteiger partial charge on any atom is -0.454 e. The molecule has 0 N–H and O–H groups in total. The van der Waals surface area contributed by atoms with E-state index in [1.807, 2.05) is 0 Å². The molecular weight excluding hydrogens is 464 g/mol. The number of hydrogen-bond donors (Lipinski definition) is 0. The van der Waals surface area contributed by atoms with E-state index in [1.165, 1.54) is 55.5 Å². The second-order valence-electron chi connectivity index (χ2n) is 6.91. The Bertz CT molecular complexity index is 1320. The van der Waals surface area contributed by atoms with Crippen LogP contribution in [0.25, 0.3) is 0 Å². The fourth-order valence-electron chi connectivity index (χ4n) is 2.83. The van der Waals surface area contributed by atoms with Gasteiger partial charge in [0.1, 0.15) is 11.5 Å². The van der Waals surface area contributed by atoms with Crippen molar-refractivity contribution in [2.45, 2.75) is 6.92 Å². The lowest BCUT2D eigenvalue weighted by Gasteiger charge is -2.09. The van der Waals surface area contributed by atoms with Crippen molar-refractivity contribution in [3.05, 3.63) is 98.1 Å². The maximum atomic E-state index is 12.4. The summed E-state index contributed by atoms with van der Waals surface area (Å²) in [5.41, 5.74) is -0.870. The van der Waals surface area contributed by atoms with Crippen molar-refractivity contribution >= 4 is 29.1 Å². The van der Waals surface area contributed by atoms with Crippen molar-refractivity contribution in [3.8, 4) is 17.2 Å². The normalized spacial score (nSPS) is 10.2. The third-order valence-electron chi connectivity index (χ3n) is 4.42. The molecule has 0 aliphatic heterocycles. The molecule has 0 aliphatic carbocycles. The summed E-state index contributed by atoms with van der Waals surface area (Å²) in [6.45, 7) is 0.677. The van der Waals surface area contributed by atoms with E-state index in [9.17, 15) is 34.6 Å². The first-order chi connectivity index (χ1) is 16.6. The highest BCUT2D eigenvalue weighted by atomic mass is 16.6. The third kappa shape index (κ3) is 6.44. The molecule has 0 amide bonds. The lowest BCUT2D eigenvalue weighted by molar-refractivity contribution is -0.394. The zero-order valence-electron chi connectivity index (χ0n) is 18.0. The van der Waals surface area contributed by atoms with Gasteiger partial charge in [0.05, 0.1) is 21.5 Å². The van der Waals surface area contributed by atoms with E-state index in [0.717, 1.165) is 18.2 Å². The standard InChI is InChI=1S/C23H16N2O10/c1-14(26)34-18-8-5-15(6-9-18)21(27)13-33-23(28)16-3-2-4-19(11-16)35-22-10-7-17(24(29)30)12-20(22)25(31)32/h2-12H,13H2,1H3. The minimum absolute atomic E-state index is 0.00470. The number of ether oxygens (including phenoxy) is 3. The van der Waals surface area contributed by atoms with Gasteiger partial charge in [0.2, 0.25) is 5.75 Å². The van der Waals surface area contributed by atoms with Gasteiger partial charge in [-0.25, -0.2) is 4.79 Å². The second-order valence-corrected chi connectivity index (χ2v) is 6.91. The van der Waals surface area contributed by atoms with Crippen LogP contribution in [0, 0.1) is 20.2 Å². The summed E-state index contributed by atoms with van der Waals surface area (Å²) in [4.78, 5) is 56.1. The van der Waals surface area contributed by atoms with Gasteiger partial charge in [0.25, 0.3) is 5.69 Å². The number of nitro benzene ring substituents is 2. The van der Waals surface area contributed by atoms with Gasteiger partial charge in [0, 0.05) is 18.6 Å². The number of carbonyl (C=O) groups excluding carboxylic acids is 3. The van der Waals surface area contributed by atoms with Crippen molar-refractivity contribution in [1.82, 2.24) is 0 Å². The average Bonchev–Trinajstić information content (AvgIpc) is 2.82. The van der Waals surface area contributed by atoms with Gasteiger partial charge in [0.15, 0.2) is 12.4 Å². The van der Waals surface area contributed by atoms with Gasteiger partial charge in [-0.1, -0.05) is 6.07 Å². The van der Waals surface area contributed by atoms with E-state index in [0.29, 0.717) is 0 Å². The fourth-order valence-corrected chi connectivity index (χ4v) is 2.83. The van der Waals surface area contributed by atoms with Gasteiger partial charge in [-0.2, -0.15) is 0 Å². The van der Waals surface area contributed by atoms with Crippen molar-refractivity contribution < 1.29 is 38.4 Å². The van der Waals surface area contributed by atoms with Gasteiger partial charge in [-0.15, -0.1) is 0 Å². The molecule has 0 fully saturated rings. The number of nitrogens with zero attached hydrogens (tertiary/aromatic N) is 2. The molecule has 178 valence electrons. The highest BCUT2D eigenvalue weighted by Gasteiger charge is 2.21. The first kappa shape index (κ1) is 24.5. The van der Waals surface area contributed by atoms with Crippen LogP contribution in [0.15, 0.2) is 66.7 Å². The minimum atomic E-state index is -0.849. The largest absolute Gasteiger partial charge is 0.454 e. The Balaban J connectivity index is 1.67. The molecule has 3 aromatic rings. The monoisotopic (exact) mass is 480 g/mol. The molecule has 0 aliphatic rings. The van der Waals surface area contributed by atoms with E-state index in [1.54, 1.807) is 0 Å². The SMILES string of the molecule is CC(=O)Oc1ccc(C(=O)COC(=O)c2cccc(Oc3ccc([N+](=O)[O-])cc3[N+](=O)[O-])c2)cc1. The predicted octanol–water partition coefficient (Wildman–Crippen LogP) is 4.26. The summed E-state index contributed by atoms with van der Waals surface area (Å²) in [5.74, 6) is -1.83. The van der Waals surface area contributed by atoms with Crippen LogP contribution < -0.4 is 9.47 Å². The third-order valence-corrected chi connectivity index (χ3v) is 4.42. The zero-order chi connectivity index (χ0) is 25.5. The summed E-state index contributed by atoms with van der Waals surface area (Å²) in [6.07, 6.45) is 0. The van der Waals surface area contributed by atoms with E-state index in [-0.39, 0.29) is 28.4 Å². The van der Waals surface area contributed by atoms with Gasteiger partial charge in [-0.3, -0.25) is 29.8 Å². The van der Waals surface area contributed by atoms with Gasteiger partial charge < -0.3 is 14.2 Å². The zero-order valence-corrected chi connectivity index (χ0v) is 18.0. The topological polar surface area (TPSA) is 165 Å². The molecule has 12 heteroatoms. The first-order valence-electron chi connectivity index (χ1n) is 9.83. The quantitative estimate of drug-likeness (QED) is 0.142. The van der Waals surface area contributed by atoms with Crippen molar-refractivity contribution in [3.63, 3.8) is 0 Å². The van der Waals surface area contributed by atoms with Crippen molar-refractivity contribution in [2.75, 3.05) is 6.61 Å². The van der Waals surface area contributed by atoms with Gasteiger partial charge in [-0.05, 0) is 48.5 Å². The Kier molecular flexibility index (Phi) is 7.46. The highest BCUT2D eigenvalue weighted by Crippen LogP contribution is 2.34. The molecule has 3 rings (SSSR count). The van der Waals surface area contributed by atoms with Crippen LogP contribution in [0.3, 0.4) is 0 Å². The summed E-state index contributed by atoms with van der Waals surface area (Å²) in [5, 5.41) is 22.1. The fraction of sp³-hybridized carbons (Fsp3) is 0.0870. The number of esters is 2. The Morgan fingerprint density at radius 1 is 0.829 bits per heavy atom. The number of ketones is 1. The summed E-state index contributed by atoms with van der Waals surface area (Å²) in [6, 6.07) is 14.0. The van der Waals surface area contributed by atoms with Crippen LogP contribution in [0.4, 0.5) is 11.4 Å². The number of benzene rings is 3. The average molecular weight is 480 g/mol. The molecule has 0 radical (unpaired) electrons. The Hall–Kier alpha value is -5.13. The summed E-state index contributed by atoms with van der Waals surface area (Å²) < 4.78 is 15.4. The molecule has 35 heavy (non-hydrogen) atoms. The molecule has 3 aromatic carbocycles. The Labute approximate surface area is 197 Å². The molecule has 0 heterocycles. The molecule has 0 bridgehead atoms. The molecular formula is C23H16N2O10. The maximum Gasteiger partial charge on any atom is 0.338 e. The maximum absolute atomic E-state index is 12.4. The summed E-state index contributed by atoms with van der Waals surface area (Å²) in [7, 11) is 0. The number of rotatable bonds is 9. The van der Waals surface area contributed by atoms with E-state index < -0.39 is 45.6 Å². The number of Topliss-reactive ketones (excluding diaryl/α,β-unsaturated/α-hetero) is 1. The van der Waals surface area contributed by atoms with Crippen LogP contribution in [-0.2, 0) is 9.53 Å². The van der Waals surface area contributed by atoms with E-state index >= 15 is 0 Å². The van der Waals surface area contributed by atoms with Gasteiger partial charge >= 0.3 is 17.6 Å². The molecule has 0 unspecified atom stereocenters. The van der Waals surface area contributed by atoms with Crippen molar-refractivity contribution in [2.24, 2.45) is 0 Å². The van der Waals surface area contributed by atoms with Crippen LogP contribution in [-0.4, -0.2) is 34.2 Å².